The SMILES string of the molecule is Cc1ccc([N+](=O)[O-])cc1S(=O)(=O)NCCNC(C)C. The summed E-state index contributed by atoms with van der Waals surface area (Å²) in [5, 5.41) is 13.8. The smallest absolute Gasteiger partial charge is 0.270 e. The van der Waals surface area contributed by atoms with Crippen LogP contribution in [0.5, 0.6) is 0 Å². The van der Waals surface area contributed by atoms with E-state index >= 15 is 0 Å². The molecule has 0 saturated heterocycles. The molecule has 0 unspecified atom stereocenters. The monoisotopic (exact) mass is 301 g/mol. The Morgan fingerprint density at radius 2 is 1.95 bits per heavy atom. The molecular weight excluding hydrogens is 282 g/mol. The summed E-state index contributed by atoms with van der Waals surface area (Å²) in [6, 6.07) is 4.06. The number of hydrogen-bond acceptors (Lipinski definition) is 5. The van der Waals surface area contributed by atoms with Crippen molar-refractivity contribution in [2.24, 2.45) is 0 Å². The van der Waals surface area contributed by atoms with Crippen molar-refractivity contribution < 1.29 is 13.3 Å². The fourth-order valence-electron chi connectivity index (χ4n) is 1.62. The first-order valence-corrected chi connectivity index (χ1v) is 7.70. The van der Waals surface area contributed by atoms with Gasteiger partial charge in [0.2, 0.25) is 10.0 Å². The van der Waals surface area contributed by atoms with E-state index in [4.69, 9.17) is 0 Å². The Hall–Kier alpha value is -1.51. The predicted octanol–water partition coefficient (Wildman–Crippen LogP) is 1.18. The van der Waals surface area contributed by atoms with Gasteiger partial charge in [0, 0.05) is 31.3 Å². The highest BCUT2D eigenvalue weighted by Gasteiger charge is 2.19. The van der Waals surface area contributed by atoms with E-state index in [1.54, 1.807) is 6.92 Å². The minimum Gasteiger partial charge on any atom is -0.313 e. The van der Waals surface area contributed by atoms with Gasteiger partial charge in [-0.2, -0.15) is 0 Å². The van der Waals surface area contributed by atoms with Crippen molar-refractivity contribution in [2.45, 2.75) is 31.7 Å². The van der Waals surface area contributed by atoms with Gasteiger partial charge in [-0.25, -0.2) is 13.1 Å². The number of benzene rings is 1. The fraction of sp³-hybridized carbons (Fsp3) is 0.500. The second-order valence-electron chi connectivity index (χ2n) is 4.71. The molecule has 0 aliphatic rings. The van der Waals surface area contributed by atoms with Gasteiger partial charge in [-0.3, -0.25) is 10.1 Å². The Balaban J connectivity index is 2.86. The van der Waals surface area contributed by atoms with E-state index in [0.717, 1.165) is 6.07 Å². The molecule has 0 saturated carbocycles. The Morgan fingerprint density at radius 1 is 1.30 bits per heavy atom. The molecule has 1 rings (SSSR count). The van der Waals surface area contributed by atoms with Crippen molar-refractivity contribution in [3.05, 3.63) is 33.9 Å². The highest BCUT2D eigenvalue weighted by atomic mass is 32.2. The first-order chi connectivity index (χ1) is 9.24. The zero-order chi connectivity index (χ0) is 15.3. The van der Waals surface area contributed by atoms with E-state index in [1.807, 2.05) is 13.8 Å². The van der Waals surface area contributed by atoms with Gasteiger partial charge < -0.3 is 5.32 Å². The molecule has 0 radical (unpaired) electrons. The molecule has 0 heterocycles. The number of nitro benzene ring substituents is 1. The summed E-state index contributed by atoms with van der Waals surface area (Å²) in [5.41, 5.74) is 0.233. The van der Waals surface area contributed by atoms with Crippen LogP contribution in [0.1, 0.15) is 19.4 Å². The number of aryl methyl sites for hydroxylation is 1. The van der Waals surface area contributed by atoms with Crippen molar-refractivity contribution >= 4 is 15.7 Å². The topological polar surface area (TPSA) is 101 Å². The van der Waals surface area contributed by atoms with Crippen LogP contribution in [0.4, 0.5) is 5.69 Å². The molecule has 1 aromatic carbocycles. The van der Waals surface area contributed by atoms with E-state index in [0.29, 0.717) is 12.1 Å². The van der Waals surface area contributed by atoms with Crippen LogP contribution in [0.25, 0.3) is 0 Å². The molecule has 20 heavy (non-hydrogen) atoms. The highest BCUT2D eigenvalue weighted by molar-refractivity contribution is 7.89. The zero-order valence-corrected chi connectivity index (χ0v) is 12.5. The van der Waals surface area contributed by atoms with Gasteiger partial charge in [0.1, 0.15) is 0 Å². The van der Waals surface area contributed by atoms with Gasteiger partial charge in [-0.15, -0.1) is 0 Å². The normalized spacial score (nSPS) is 11.8. The predicted molar refractivity (Wildman–Crippen MR) is 76.2 cm³/mol. The van der Waals surface area contributed by atoms with E-state index in [-0.39, 0.29) is 23.2 Å². The minimum atomic E-state index is -3.74. The van der Waals surface area contributed by atoms with Crippen LogP contribution in [0.15, 0.2) is 23.1 Å². The molecule has 1 aromatic rings. The first kappa shape index (κ1) is 16.5. The van der Waals surface area contributed by atoms with Crippen LogP contribution in [0.2, 0.25) is 0 Å². The molecule has 112 valence electrons. The number of nitrogens with zero attached hydrogens (tertiary/aromatic N) is 1. The molecule has 8 heteroatoms. The Labute approximate surface area is 118 Å². The van der Waals surface area contributed by atoms with Crippen LogP contribution in [0.3, 0.4) is 0 Å². The Bertz CT molecular complexity index is 584. The van der Waals surface area contributed by atoms with Crippen molar-refractivity contribution in [3.8, 4) is 0 Å². The summed E-state index contributed by atoms with van der Waals surface area (Å²) in [5.74, 6) is 0. The third kappa shape index (κ3) is 4.55. The summed E-state index contributed by atoms with van der Waals surface area (Å²) in [4.78, 5) is 10.0. The molecule has 0 aliphatic carbocycles. The number of hydrogen-bond donors (Lipinski definition) is 2. The summed E-state index contributed by atoms with van der Waals surface area (Å²) >= 11 is 0. The molecule has 2 N–H and O–H groups in total. The third-order valence-electron chi connectivity index (χ3n) is 2.64. The van der Waals surface area contributed by atoms with Gasteiger partial charge in [-0.1, -0.05) is 19.9 Å². The van der Waals surface area contributed by atoms with Gasteiger partial charge in [-0.05, 0) is 12.5 Å². The number of nitrogens with one attached hydrogen (secondary N) is 2. The molecule has 7 nitrogen and oxygen atoms in total. The maximum absolute atomic E-state index is 12.1. The maximum Gasteiger partial charge on any atom is 0.270 e. The lowest BCUT2D eigenvalue weighted by Gasteiger charge is -2.11. The largest absolute Gasteiger partial charge is 0.313 e. The molecule has 0 aliphatic heterocycles. The van der Waals surface area contributed by atoms with Crippen LogP contribution in [-0.2, 0) is 10.0 Å². The van der Waals surface area contributed by atoms with Crippen molar-refractivity contribution in [2.75, 3.05) is 13.1 Å². The molecular formula is C12H19N3O4S. The number of rotatable bonds is 7. The van der Waals surface area contributed by atoms with Crippen molar-refractivity contribution in [1.82, 2.24) is 10.0 Å². The average Bonchev–Trinajstić information content (AvgIpc) is 2.34. The van der Waals surface area contributed by atoms with Gasteiger partial charge in [0.25, 0.3) is 5.69 Å². The summed E-state index contributed by atoms with van der Waals surface area (Å²) in [6.45, 7) is 6.23. The fourth-order valence-corrected chi connectivity index (χ4v) is 2.91. The average molecular weight is 301 g/mol. The van der Waals surface area contributed by atoms with Crippen LogP contribution < -0.4 is 10.0 Å². The number of nitro groups is 1. The summed E-state index contributed by atoms with van der Waals surface area (Å²) < 4.78 is 26.6. The lowest BCUT2D eigenvalue weighted by molar-refractivity contribution is -0.385. The van der Waals surface area contributed by atoms with E-state index in [1.165, 1.54) is 12.1 Å². The number of sulfonamides is 1. The quantitative estimate of drug-likeness (QED) is 0.447. The van der Waals surface area contributed by atoms with Crippen LogP contribution in [0, 0.1) is 17.0 Å². The molecule has 0 spiro atoms. The Morgan fingerprint density at radius 3 is 2.50 bits per heavy atom. The van der Waals surface area contributed by atoms with Crippen molar-refractivity contribution in [1.29, 1.82) is 0 Å². The molecule has 0 aromatic heterocycles. The Kier molecular flexibility index (Phi) is 5.61. The molecule has 0 atom stereocenters. The minimum absolute atomic E-state index is 0.0590. The lowest BCUT2D eigenvalue weighted by Crippen LogP contribution is -2.34. The standard InChI is InChI=1S/C12H19N3O4S/c1-9(2)13-6-7-14-20(18,19)12-8-11(15(16)17)5-4-10(12)3/h4-5,8-9,13-14H,6-7H2,1-3H3. The second kappa shape index (κ2) is 6.78. The second-order valence-corrected chi connectivity index (χ2v) is 6.45. The zero-order valence-electron chi connectivity index (χ0n) is 11.7. The summed E-state index contributed by atoms with van der Waals surface area (Å²) in [6.07, 6.45) is 0. The van der Waals surface area contributed by atoms with Gasteiger partial charge in [0.05, 0.1) is 9.82 Å². The van der Waals surface area contributed by atoms with E-state index in [2.05, 4.69) is 10.0 Å². The first-order valence-electron chi connectivity index (χ1n) is 6.22. The van der Waals surface area contributed by atoms with Gasteiger partial charge >= 0.3 is 0 Å². The lowest BCUT2D eigenvalue weighted by atomic mass is 10.2. The highest BCUT2D eigenvalue weighted by Crippen LogP contribution is 2.21. The summed E-state index contributed by atoms with van der Waals surface area (Å²) in [7, 11) is -3.74. The van der Waals surface area contributed by atoms with E-state index < -0.39 is 14.9 Å². The molecule has 0 fully saturated rings. The van der Waals surface area contributed by atoms with Crippen LogP contribution >= 0.6 is 0 Å². The maximum atomic E-state index is 12.1. The third-order valence-corrected chi connectivity index (χ3v) is 4.24. The molecule has 0 amide bonds. The van der Waals surface area contributed by atoms with Crippen LogP contribution in [-0.4, -0.2) is 32.5 Å². The number of non-ortho nitro benzene ring substituents is 1. The van der Waals surface area contributed by atoms with Gasteiger partial charge in [0.15, 0.2) is 0 Å². The van der Waals surface area contributed by atoms with Crippen molar-refractivity contribution in [3.63, 3.8) is 0 Å². The van der Waals surface area contributed by atoms with E-state index in [9.17, 15) is 18.5 Å². The molecule has 0 bridgehead atoms.